The maximum Gasteiger partial charge on any atom is 0.294 e. The Morgan fingerprint density at radius 1 is 1.40 bits per heavy atom. The third-order valence-corrected chi connectivity index (χ3v) is 2.65. The van der Waals surface area contributed by atoms with Gasteiger partial charge in [0.1, 0.15) is 10.6 Å². The van der Waals surface area contributed by atoms with Gasteiger partial charge in [-0.05, 0) is 6.92 Å². The van der Waals surface area contributed by atoms with Gasteiger partial charge in [0.25, 0.3) is 15.8 Å². The Bertz CT molecular complexity index is 521. The molecule has 1 aromatic carbocycles. The highest BCUT2D eigenvalue weighted by Crippen LogP contribution is 2.30. The molecule has 0 spiro atoms. The van der Waals surface area contributed by atoms with Gasteiger partial charge in [0.05, 0.1) is 10.5 Å². The maximum atomic E-state index is 10.7. The van der Waals surface area contributed by atoms with Crippen molar-refractivity contribution in [2.75, 3.05) is 0 Å². The van der Waals surface area contributed by atoms with Crippen LogP contribution in [0.5, 0.6) is 5.75 Å². The fourth-order valence-corrected chi connectivity index (χ4v) is 1.52. The Labute approximate surface area is 84.9 Å². The van der Waals surface area contributed by atoms with E-state index in [4.69, 9.17) is 4.55 Å². The Hall–Kier alpha value is -1.67. The van der Waals surface area contributed by atoms with E-state index in [1.54, 1.807) is 0 Å². The minimum Gasteiger partial charge on any atom is -0.507 e. The van der Waals surface area contributed by atoms with Crippen molar-refractivity contribution < 1.29 is 23.0 Å². The monoisotopic (exact) mass is 233 g/mol. The Morgan fingerprint density at radius 3 is 2.33 bits per heavy atom. The smallest absolute Gasteiger partial charge is 0.294 e. The highest BCUT2D eigenvalue weighted by atomic mass is 32.2. The number of aromatic hydroxyl groups is 1. The van der Waals surface area contributed by atoms with Gasteiger partial charge in [0.15, 0.2) is 0 Å². The molecule has 8 heteroatoms. The number of rotatable bonds is 2. The van der Waals surface area contributed by atoms with E-state index in [0.717, 1.165) is 6.07 Å². The molecule has 0 fully saturated rings. The first kappa shape index (κ1) is 11.4. The van der Waals surface area contributed by atoms with Gasteiger partial charge in [0, 0.05) is 12.1 Å². The van der Waals surface area contributed by atoms with Crippen molar-refractivity contribution in [1.82, 2.24) is 0 Å². The summed E-state index contributed by atoms with van der Waals surface area (Å²) in [6.07, 6.45) is 0. The minimum atomic E-state index is -4.56. The first-order chi connectivity index (χ1) is 6.73. The van der Waals surface area contributed by atoms with E-state index < -0.39 is 31.4 Å². The van der Waals surface area contributed by atoms with E-state index in [2.05, 4.69) is 0 Å². The first-order valence-corrected chi connectivity index (χ1v) is 5.13. The normalized spacial score (nSPS) is 11.3. The zero-order valence-electron chi connectivity index (χ0n) is 7.54. The predicted octanol–water partition coefficient (Wildman–Crippen LogP) is 0.856. The number of benzene rings is 1. The molecule has 1 rings (SSSR count). The summed E-state index contributed by atoms with van der Waals surface area (Å²) in [5, 5.41) is 19.7. The van der Waals surface area contributed by atoms with Crippen LogP contribution in [0.25, 0.3) is 0 Å². The molecular formula is C7H7NO6S. The molecule has 0 aliphatic rings. The van der Waals surface area contributed by atoms with Crippen LogP contribution < -0.4 is 0 Å². The molecular weight excluding hydrogens is 226 g/mol. The summed E-state index contributed by atoms with van der Waals surface area (Å²) in [5.41, 5.74) is -0.630. The molecule has 0 aliphatic heterocycles. The molecule has 0 aromatic heterocycles. The number of hydrogen-bond donors (Lipinski definition) is 2. The molecule has 0 saturated carbocycles. The van der Waals surface area contributed by atoms with E-state index in [0.29, 0.717) is 6.07 Å². The summed E-state index contributed by atoms with van der Waals surface area (Å²) in [5.74, 6) is -0.558. The third-order valence-electron chi connectivity index (χ3n) is 1.82. The fourth-order valence-electron chi connectivity index (χ4n) is 0.997. The van der Waals surface area contributed by atoms with Gasteiger partial charge in [-0.1, -0.05) is 0 Å². The van der Waals surface area contributed by atoms with Crippen LogP contribution in [0, 0.1) is 17.0 Å². The van der Waals surface area contributed by atoms with Crippen molar-refractivity contribution in [2.45, 2.75) is 11.8 Å². The van der Waals surface area contributed by atoms with Gasteiger partial charge in [-0.15, -0.1) is 0 Å². The van der Waals surface area contributed by atoms with Crippen LogP contribution in [0.1, 0.15) is 5.56 Å². The van der Waals surface area contributed by atoms with E-state index in [9.17, 15) is 23.6 Å². The van der Waals surface area contributed by atoms with E-state index in [1.807, 2.05) is 0 Å². The van der Waals surface area contributed by atoms with Crippen molar-refractivity contribution in [3.8, 4) is 5.75 Å². The van der Waals surface area contributed by atoms with E-state index in [1.165, 1.54) is 6.92 Å². The molecule has 0 bridgehead atoms. The number of phenolic OH excluding ortho intramolecular Hbond substituents is 1. The predicted molar refractivity (Wildman–Crippen MR) is 49.3 cm³/mol. The summed E-state index contributed by atoms with van der Waals surface area (Å²) >= 11 is 0. The van der Waals surface area contributed by atoms with Crippen LogP contribution in [0.2, 0.25) is 0 Å². The topological polar surface area (TPSA) is 118 Å². The van der Waals surface area contributed by atoms with Gasteiger partial charge in [-0.2, -0.15) is 8.42 Å². The van der Waals surface area contributed by atoms with Crippen LogP contribution in [0.15, 0.2) is 17.0 Å². The van der Waals surface area contributed by atoms with Gasteiger partial charge in [-0.3, -0.25) is 14.7 Å². The summed E-state index contributed by atoms with van der Waals surface area (Å²) in [7, 11) is -4.56. The third kappa shape index (κ3) is 2.22. The lowest BCUT2D eigenvalue weighted by Crippen LogP contribution is -2.01. The first-order valence-electron chi connectivity index (χ1n) is 3.69. The zero-order valence-corrected chi connectivity index (χ0v) is 8.35. The summed E-state index contributed by atoms with van der Waals surface area (Å²) in [6.45, 7) is 1.27. The molecule has 0 heterocycles. The van der Waals surface area contributed by atoms with Crippen LogP contribution in [0.3, 0.4) is 0 Å². The average Bonchev–Trinajstić information content (AvgIpc) is 2.06. The second-order valence-corrected chi connectivity index (χ2v) is 4.24. The van der Waals surface area contributed by atoms with Crippen molar-refractivity contribution in [1.29, 1.82) is 0 Å². The van der Waals surface area contributed by atoms with E-state index in [-0.39, 0.29) is 5.56 Å². The Morgan fingerprint density at radius 2 is 1.93 bits per heavy atom. The molecule has 7 nitrogen and oxygen atoms in total. The van der Waals surface area contributed by atoms with E-state index >= 15 is 0 Å². The molecule has 0 radical (unpaired) electrons. The van der Waals surface area contributed by atoms with Gasteiger partial charge < -0.3 is 5.11 Å². The number of nitro benzene ring substituents is 1. The molecule has 1 aromatic rings. The minimum absolute atomic E-state index is 0.0626. The van der Waals surface area contributed by atoms with Gasteiger partial charge in [0.2, 0.25) is 0 Å². The lowest BCUT2D eigenvalue weighted by Gasteiger charge is -2.02. The summed E-state index contributed by atoms with van der Waals surface area (Å²) in [4.78, 5) is 8.92. The Kier molecular flexibility index (Phi) is 2.65. The van der Waals surface area contributed by atoms with Crippen LogP contribution in [-0.2, 0) is 10.1 Å². The molecule has 0 unspecified atom stereocenters. The van der Waals surface area contributed by atoms with Crippen molar-refractivity contribution in [3.05, 3.63) is 27.8 Å². The summed E-state index contributed by atoms with van der Waals surface area (Å²) in [6, 6.07) is 1.43. The highest BCUT2D eigenvalue weighted by molar-refractivity contribution is 7.85. The number of phenols is 1. The standard InChI is InChI=1S/C7H7NO6S/c1-4-6(8(10)11)2-5(3-7(4)9)15(12,13)14/h2-3,9H,1H3,(H,12,13,14). The average molecular weight is 233 g/mol. The molecule has 15 heavy (non-hydrogen) atoms. The second kappa shape index (κ2) is 3.48. The maximum absolute atomic E-state index is 10.7. The lowest BCUT2D eigenvalue weighted by atomic mass is 10.2. The summed E-state index contributed by atoms with van der Waals surface area (Å²) < 4.78 is 30.0. The molecule has 82 valence electrons. The second-order valence-electron chi connectivity index (χ2n) is 2.82. The van der Waals surface area contributed by atoms with Crippen molar-refractivity contribution >= 4 is 15.8 Å². The highest BCUT2D eigenvalue weighted by Gasteiger charge is 2.21. The van der Waals surface area contributed by atoms with Crippen LogP contribution in [0.4, 0.5) is 5.69 Å². The molecule has 0 amide bonds. The number of nitrogens with zero attached hydrogens (tertiary/aromatic N) is 1. The van der Waals surface area contributed by atoms with Gasteiger partial charge in [-0.25, -0.2) is 0 Å². The molecule has 0 atom stereocenters. The molecule has 0 saturated heterocycles. The number of hydrogen-bond acceptors (Lipinski definition) is 5. The number of nitro groups is 1. The molecule has 2 N–H and O–H groups in total. The Balaban J connectivity index is 3.57. The fraction of sp³-hybridized carbons (Fsp3) is 0.143. The van der Waals surface area contributed by atoms with Crippen LogP contribution in [-0.4, -0.2) is 23.0 Å². The largest absolute Gasteiger partial charge is 0.507 e. The lowest BCUT2D eigenvalue weighted by molar-refractivity contribution is -0.385. The quantitative estimate of drug-likeness (QED) is 0.444. The molecule has 0 aliphatic carbocycles. The van der Waals surface area contributed by atoms with Crippen LogP contribution >= 0.6 is 0 Å². The van der Waals surface area contributed by atoms with Gasteiger partial charge >= 0.3 is 0 Å². The zero-order chi connectivity index (χ0) is 11.8. The SMILES string of the molecule is Cc1c(O)cc(S(=O)(=O)O)cc1[N+](=O)[O-]. The van der Waals surface area contributed by atoms with Crippen molar-refractivity contribution in [2.24, 2.45) is 0 Å². The van der Waals surface area contributed by atoms with Crippen molar-refractivity contribution in [3.63, 3.8) is 0 Å².